The molecule has 0 aliphatic heterocycles. The number of nitrogens with zero attached hydrogens (tertiary/aromatic N) is 1. The van der Waals surface area contributed by atoms with Gasteiger partial charge < -0.3 is 19.7 Å². The van der Waals surface area contributed by atoms with Crippen molar-refractivity contribution < 1.29 is 23.9 Å². The summed E-state index contributed by atoms with van der Waals surface area (Å²) >= 11 is 0. The van der Waals surface area contributed by atoms with Crippen LogP contribution in [0, 0.1) is 0 Å². The summed E-state index contributed by atoms with van der Waals surface area (Å²) in [5, 5.41) is 2.60. The van der Waals surface area contributed by atoms with Gasteiger partial charge in [0.15, 0.2) is 6.61 Å². The van der Waals surface area contributed by atoms with Gasteiger partial charge in [0, 0.05) is 25.3 Å². The van der Waals surface area contributed by atoms with Gasteiger partial charge in [-0.2, -0.15) is 0 Å². The number of rotatable bonds is 8. The smallest absolute Gasteiger partial charge is 0.309 e. The molecule has 2 aromatic carbocycles. The Morgan fingerprint density at radius 3 is 2.26 bits per heavy atom. The summed E-state index contributed by atoms with van der Waals surface area (Å²) in [6, 6.07) is 15.6. The third-order valence-electron chi connectivity index (χ3n) is 3.50. The molecule has 0 aliphatic carbocycles. The van der Waals surface area contributed by atoms with Crippen molar-refractivity contribution in [1.82, 2.24) is 4.90 Å². The first-order valence-electron chi connectivity index (χ1n) is 8.41. The molecule has 0 heterocycles. The van der Waals surface area contributed by atoms with Crippen LogP contribution in [0.1, 0.15) is 16.8 Å². The zero-order chi connectivity index (χ0) is 19.6. The maximum absolute atomic E-state index is 11.8. The van der Waals surface area contributed by atoms with Crippen LogP contribution in [0.4, 0.5) is 5.69 Å². The first-order chi connectivity index (χ1) is 13.0. The summed E-state index contributed by atoms with van der Waals surface area (Å²) in [4.78, 5) is 36.8. The molecule has 0 aliphatic rings. The summed E-state index contributed by atoms with van der Waals surface area (Å²) in [6.45, 7) is -0.214. The molecule has 2 rings (SSSR count). The molecule has 0 spiro atoms. The maximum atomic E-state index is 11.8. The number of esters is 1. The molecule has 1 N–H and O–H groups in total. The number of carbonyl (C=O) groups is 3. The van der Waals surface area contributed by atoms with E-state index in [9.17, 15) is 14.4 Å². The lowest BCUT2D eigenvalue weighted by Crippen LogP contribution is -2.22. The molecular weight excluding hydrogens is 348 g/mol. The van der Waals surface area contributed by atoms with Crippen molar-refractivity contribution in [2.24, 2.45) is 0 Å². The van der Waals surface area contributed by atoms with Gasteiger partial charge >= 0.3 is 5.97 Å². The van der Waals surface area contributed by atoms with Crippen LogP contribution in [0.25, 0.3) is 0 Å². The summed E-state index contributed by atoms with van der Waals surface area (Å²) in [6.07, 6.45) is 0.0452. The number of para-hydroxylation sites is 1. The van der Waals surface area contributed by atoms with Crippen LogP contribution in [0.15, 0.2) is 54.6 Å². The highest BCUT2D eigenvalue weighted by molar-refractivity contribution is 5.96. The number of benzene rings is 2. The molecule has 0 saturated heterocycles. The Labute approximate surface area is 157 Å². The Kier molecular flexibility index (Phi) is 7.37. The van der Waals surface area contributed by atoms with Crippen molar-refractivity contribution in [1.29, 1.82) is 0 Å². The van der Waals surface area contributed by atoms with Crippen molar-refractivity contribution in [2.75, 3.05) is 32.6 Å². The summed E-state index contributed by atoms with van der Waals surface area (Å²) in [5.74, 6) is -0.439. The molecule has 0 bridgehead atoms. The predicted molar refractivity (Wildman–Crippen MR) is 101 cm³/mol. The minimum atomic E-state index is -0.520. The number of ether oxygens (including phenoxy) is 2. The molecule has 2 aromatic rings. The molecule has 7 nitrogen and oxygen atoms in total. The zero-order valence-electron chi connectivity index (χ0n) is 15.3. The lowest BCUT2D eigenvalue weighted by Gasteiger charge is -2.11. The van der Waals surface area contributed by atoms with E-state index in [1.165, 1.54) is 4.90 Å². The van der Waals surface area contributed by atoms with Crippen molar-refractivity contribution in [3.05, 3.63) is 60.2 Å². The van der Waals surface area contributed by atoms with Crippen molar-refractivity contribution in [3.63, 3.8) is 0 Å². The van der Waals surface area contributed by atoms with E-state index in [1.54, 1.807) is 50.5 Å². The van der Waals surface area contributed by atoms with Crippen molar-refractivity contribution in [3.8, 4) is 5.75 Å². The van der Waals surface area contributed by atoms with Gasteiger partial charge in [0.1, 0.15) is 5.75 Å². The van der Waals surface area contributed by atoms with E-state index < -0.39 is 11.9 Å². The van der Waals surface area contributed by atoms with E-state index >= 15 is 0 Å². The third-order valence-corrected chi connectivity index (χ3v) is 3.50. The van der Waals surface area contributed by atoms with Gasteiger partial charge in [-0.25, -0.2) is 0 Å². The van der Waals surface area contributed by atoms with E-state index in [4.69, 9.17) is 9.47 Å². The quantitative estimate of drug-likeness (QED) is 0.721. The zero-order valence-corrected chi connectivity index (χ0v) is 15.3. The lowest BCUT2D eigenvalue weighted by atomic mass is 10.2. The Balaban J connectivity index is 1.69. The Bertz CT molecular complexity index is 773. The fourth-order valence-corrected chi connectivity index (χ4v) is 2.14. The number of hydrogen-bond acceptors (Lipinski definition) is 5. The molecule has 0 saturated carbocycles. The van der Waals surface area contributed by atoms with Crippen LogP contribution in [0.5, 0.6) is 5.75 Å². The molecular formula is C20H22N2O5. The molecule has 0 radical (unpaired) electrons. The first-order valence-corrected chi connectivity index (χ1v) is 8.41. The summed E-state index contributed by atoms with van der Waals surface area (Å²) < 4.78 is 10.3. The number of carbonyl (C=O) groups excluding carboxylic acids is 3. The SMILES string of the molecule is CN(C)C(=O)c1ccc(NC(=O)COC(=O)CCOc2ccccc2)cc1. The fraction of sp³-hybridized carbons (Fsp3) is 0.250. The Hall–Kier alpha value is -3.35. The second kappa shape index (κ2) is 9.96. The summed E-state index contributed by atoms with van der Waals surface area (Å²) in [7, 11) is 3.33. The second-order valence-electron chi connectivity index (χ2n) is 5.90. The normalized spacial score (nSPS) is 10.0. The van der Waals surface area contributed by atoms with E-state index in [0.717, 1.165) is 0 Å². The average molecular weight is 370 g/mol. The molecule has 7 heteroatoms. The monoisotopic (exact) mass is 370 g/mol. The molecule has 0 unspecified atom stereocenters. The fourth-order valence-electron chi connectivity index (χ4n) is 2.14. The predicted octanol–water partition coefficient (Wildman–Crippen LogP) is 2.34. The Morgan fingerprint density at radius 1 is 0.963 bits per heavy atom. The topological polar surface area (TPSA) is 84.9 Å². The lowest BCUT2D eigenvalue weighted by molar-refractivity contribution is -0.147. The van der Waals surface area contributed by atoms with Crippen LogP contribution in [0.2, 0.25) is 0 Å². The minimum absolute atomic E-state index is 0.0452. The molecule has 2 amide bonds. The van der Waals surface area contributed by atoms with Gasteiger partial charge in [0.05, 0.1) is 13.0 Å². The van der Waals surface area contributed by atoms with Crippen LogP contribution in [-0.4, -0.2) is 50.0 Å². The first kappa shape index (κ1) is 20.0. The summed E-state index contributed by atoms with van der Waals surface area (Å²) in [5.41, 5.74) is 1.03. The number of hydrogen-bond donors (Lipinski definition) is 1. The highest BCUT2D eigenvalue weighted by Crippen LogP contribution is 2.11. The maximum Gasteiger partial charge on any atom is 0.309 e. The van der Waals surface area contributed by atoms with E-state index in [1.807, 2.05) is 18.2 Å². The highest BCUT2D eigenvalue weighted by atomic mass is 16.5. The van der Waals surface area contributed by atoms with E-state index in [0.29, 0.717) is 17.0 Å². The molecule has 27 heavy (non-hydrogen) atoms. The van der Waals surface area contributed by atoms with Gasteiger partial charge in [-0.1, -0.05) is 18.2 Å². The molecule has 142 valence electrons. The van der Waals surface area contributed by atoms with E-state index in [2.05, 4.69) is 5.32 Å². The van der Waals surface area contributed by atoms with Gasteiger partial charge in [-0.15, -0.1) is 0 Å². The van der Waals surface area contributed by atoms with Crippen molar-refractivity contribution in [2.45, 2.75) is 6.42 Å². The minimum Gasteiger partial charge on any atom is -0.493 e. The van der Waals surface area contributed by atoms with Crippen LogP contribution in [-0.2, 0) is 14.3 Å². The van der Waals surface area contributed by atoms with Gasteiger partial charge in [0.2, 0.25) is 0 Å². The average Bonchev–Trinajstić information content (AvgIpc) is 2.67. The molecule has 0 aromatic heterocycles. The number of amides is 2. The van der Waals surface area contributed by atoms with E-state index in [-0.39, 0.29) is 25.5 Å². The largest absolute Gasteiger partial charge is 0.493 e. The van der Waals surface area contributed by atoms with Gasteiger partial charge in [-0.3, -0.25) is 14.4 Å². The van der Waals surface area contributed by atoms with Gasteiger partial charge in [-0.05, 0) is 36.4 Å². The Morgan fingerprint density at radius 2 is 1.63 bits per heavy atom. The molecule has 0 atom stereocenters. The van der Waals surface area contributed by atoms with Crippen LogP contribution >= 0.6 is 0 Å². The van der Waals surface area contributed by atoms with Crippen molar-refractivity contribution >= 4 is 23.5 Å². The molecule has 0 fully saturated rings. The standard InChI is InChI=1S/C20H22N2O5/c1-22(2)20(25)15-8-10-16(11-9-15)21-18(23)14-27-19(24)12-13-26-17-6-4-3-5-7-17/h3-11H,12-14H2,1-2H3,(H,21,23). The van der Waals surface area contributed by atoms with Gasteiger partial charge in [0.25, 0.3) is 11.8 Å². The second-order valence-corrected chi connectivity index (χ2v) is 5.90. The van der Waals surface area contributed by atoms with Crippen LogP contribution < -0.4 is 10.1 Å². The number of nitrogens with one attached hydrogen (secondary N) is 1. The number of anilines is 1. The van der Waals surface area contributed by atoms with Crippen LogP contribution in [0.3, 0.4) is 0 Å². The third kappa shape index (κ3) is 6.81. The highest BCUT2D eigenvalue weighted by Gasteiger charge is 2.10.